The SMILES string of the molecule is CC1(C)COC(c2ccc(Cl)cc2Br)=N1. The van der Waals surface area contributed by atoms with Crippen LogP contribution >= 0.6 is 27.5 Å². The monoisotopic (exact) mass is 287 g/mol. The first-order valence-electron chi connectivity index (χ1n) is 4.66. The van der Waals surface area contributed by atoms with Crippen molar-refractivity contribution in [1.29, 1.82) is 0 Å². The van der Waals surface area contributed by atoms with Gasteiger partial charge >= 0.3 is 0 Å². The van der Waals surface area contributed by atoms with Gasteiger partial charge in [-0.15, -0.1) is 0 Å². The standard InChI is InChI=1S/C11H11BrClNO/c1-11(2)6-15-10(14-11)8-4-3-7(13)5-9(8)12/h3-5H,6H2,1-2H3. The van der Waals surface area contributed by atoms with E-state index < -0.39 is 0 Å². The molecule has 0 saturated carbocycles. The van der Waals surface area contributed by atoms with Crippen LogP contribution in [0.5, 0.6) is 0 Å². The maximum atomic E-state index is 5.87. The lowest BCUT2D eigenvalue weighted by molar-refractivity contribution is 0.279. The van der Waals surface area contributed by atoms with Crippen LogP contribution in [0.15, 0.2) is 27.7 Å². The van der Waals surface area contributed by atoms with Gasteiger partial charge in [-0.25, -0.2) is 4.99 Å². The van der Waals surface area contributed by atoms with E-state index >= 15 is 0 Å². The summed E-state index contributed by atoms with van der Waals surface area (Å²) in [5.74, 6) is 0.684. The van der Waals surface area contributed by atoms with E-state index in [1.807, 2.05) is 32.0 Å². The predicted molar refractivity (Wildman–Crippen MR) is 65.7 cm³/mol. The fraction of sp³-hybridized carbons (Fsp3) is 0.364. The van der Waals surface area contributed by atoms with Crippen LogP contribution in [0.3, 0.4) is 0 Å². The highest BCUT2D eigenvalue weighted by atomic mass is 79.9. The molecule has 15 heavy (non-hydrogen) atoms. The molecule has 4 heteroatoms. The number of rotatable bonds is 1. The number of aliphatic imine (C=N–C) groups is 1. The van der Waals surface area contributed by atoms with Crippen LogP contribution < -0.4 is 0 Å². The van der Waals surface area contributed by atoms with E-state index in [0.29, 0.717) is 17.5 Å². The van der Waals surface area contributed by atoms with Gasteiger partial charge in [0.25, 0.3) is 0 Å². The number of halogens is 2. The Morgan fingerprint density at radius 1 is 1.47 bits per heavy atom. The largest absolute Gasteiger partial charge is 0.475 e. The lowest BCUT2D eigenvalue weighted by Crippen LogP contribution is -2.17. The summed E-state index contributed by atoms with van der Waals surface area (Å²) in [7, 11) is 0. The third-order valence-electron chi connectivity index (χ3n) is 2.13. The third kappa shape index (κ3) is 2.34. The Hall–Kier alpha value is -0.540. The van der Waals surface area contributed by atoms with Gasteiger partial charge in [0.05, 0.1) is 11.1 Å². The molecular formula is C11H11BrClNO. The zero-order chi connectivity index (χ0) is 11.1. The molecule has 2 nitrogen and oxygen atoms in total. The average Bonchev–Trinajstić information content (AvgIpc) is 2.46. The molecule has 0 bridgehead atoms. The lowest BCUT2D eigenvalue weighted by atomic mass is 10.1. The van der Waals surface area contributed by atoms with Crippen molar-refractivity contribution in [3.05, 3.63) is 33.3 Å². The third-order valence-corrected chi connectivity index (χ3v) is 3.02. The van der Waals surface area contributed by atoms with Crippen LogP contribution in [0, 0.1) is 0 Å². The Morgan fingerprint density at radius 2 is 2.20 bits per heavy atom. The molecule has 2 rings (SSSR count). The Morgan fingerprint density at radius 3 is 2.73 bits per heavy atom. The van der Waals surface area contributed by atoms with Crippen molar-refractivity contribution < 1.29 is 4.74 Å². The van der Waals surface area contributed by atoms with Crippen LogP contribution in [0.25, 0.3) is 0 Å². The molecule has 0 atom stereocenters. The number of nitrogens with zero attached hydrogens (tertiary/aromatic N) is 1. The van der Waals surface area contributed by atoms with E-state index in [1.54, 1.807) is 0 Å². The summed E-state index contributed by atoms with van der Waals surface area (Å²) in [5.41, 5.74) is 0.819. The highest BCUT2D eigenvalue weighted by Gasteiger charge is 2.27. The number of ether oxygens (including phenoxy) is 1. The molecule has 0 unspecified atom stereocenters. The quantitative estimate of drug-likeness (QED) is 0.773. The molecule has 1 aliphatic rings. The Balaban J connectivity index is 2.39. The predicted octanol–water partition coefficient (Wildman–Crippen LogP) is 3.66. The first-order chi connectivity index (χ1) is 6.98. The van der Waals surface area contributed by atoms with Crippen molar-refractivity contribution >= 4 is 33.4 Å². The highest BCUT2D eigenvalue weighted by Crippen LogP contribution is 2.27. The summed E-state index contributed by atoms with van der Waals surface area (Å²) >= 11 is 9.32. The molecule has 1 heterocycles. The fourth-order valence-corrected chi connectivity index (χ4v) is 2.24. The fourth-order valence-electron chi connectivity index (χ4n) is 1.39. The van der Waals surface area contributed by atoms with E-state index in [1.165, 1.54) is 0 Å². The smallest absolute Gasteiger partial charge is 0.217 e. The van der Waals surface area contributed by atoms with Gasteiger partial charge in [-0.1, -0.05) is 11.6 Å². The van der Waals surface area contributed by atoms with Crippen molar-refractivity contribution in [3.8, 4) is 0 Å². The van der Waals surface area contributed by atoms with Gasteiger partial charge in [-0.3, -0.25) is 0 Å². The van der Waals surface area contributed by atoms with Crippen LogP contribution in [0.1, 0.15) is 19.4 Å². The minimum absolute atomic E-state index is 0.131. The molecular weight excluding hydrogens is 277 g/mol. The van der Waals surface area contributed by atoms with Gasteiger partial charge in [-0.05, 0) is 48.0 Å². The zero-order valence-electron chi connectivity index (χ0n) is 8.55. The molecule has 0 N–H and O–H groups in total. The highest BCUT2D eigenvalue weighted by molar-refractivity contribution is 9.10. The molecule has 0 fully saturated rings. The van der Waals surface area contributed by atoms with Crippen LogP contribution in [0.2, 0.25) is 5.02 Å². The van der Waals surface area contributed by atoms with E-state index in [0.717, 1.165) is 10.0 Å². The van der Waals surface area contributed by atoms with Gasteiger partial charge < -0.3 is 4.74 Å². The van der Waals surface area contributed by atoms with Gasteiger partial charge in [0, 0.05) is 9.50 Å². The Labute approximate surface area is 102 Å². The molecule has 0 aromatic heterocycles. The van der Waals surface area contributed by atoms with Gasteiger partial charge in [0.15, 0.2) is 0 Å². The first-order valence-corrected chi connectivity index (χ1v) is 5.83. The summed E-state index contributed by atoms with van der Waals surface area (Å²) in [6.45, 7) is 4.71. The summed E-state index contributed by atoms with van der Waals surface area (Å²) in [4.78, 5) is 4.50. The second kappa shape index (κ2) is 3.80. The summed E-state index contributed by atoms with van der Waals surface area (Å²) < 4.78 is 6.46. The second-order valence-electron chi connectivity index (χ2n) is 4.14. The molecule has 1 aliphatic heterocycles. The van der Waals surface area contributed by atoms with Crippen LogP contribution in [0.4, 0.5) is 0 Å². The lowest BCUT2D eigenvalue weighted by Gasteiger charge is -2.07. The van der Waals surface area contributed by atoms with Crippen LogP contribution in [-0.4, -0.2) is 18.0 Å². The molecule has 0 amide bonds. The number of hydrogen-bond donors (Lipinski definition) is 0. The topological polar surface area (TPSA) is 21.6 Å². The van der Waals surface area contributed by atoms with Crippen molar-refractivity contribution in [3.63, 3.8) is 0 Å². The van der Waals surface area contributed by atoms with Crippen LogP contribution in [-0.2, 0) is 4.74 Å². The summed E-state index contributed by atoms with van der Waals surface area (Å²) in [6, 6.07) is 5.58. The minimum atomic E-state index is -0.131. The molecule has 80 valence electrons. The average molecular weight is 289 g/mol. The van der Waals surface area contributed by atoms with Gasteiger partial charge in [0.2, 0.25) is 5.90 Å². The maximum Gasteiger partial charge on any atom is 0.217 e. The molecule has 0 radical (unpaired) electrons. The van der Waals surface area contributed by atoms with E-state index in [9.17, 15) is 0 Å². The summed E-state index contributed by atoms with van der Waals surface area (Å²) in [6.07, 6.45) is 0. The Kier molecular flexibility index (Phi) is 2.77. The van der Waals surface area contributed by atoms with E-state index in [4.69, 9.17) is 16.3 Å². The first kappa shape index (κ1) is 11.0. The molecule has 1 aromatic carbocycles. The van der Waals surface area contributed by atoms with Crippen molar-refractivity contribution in [2.75, 3.05) is 6.61 Å². The van der Waals surface area contributed by atoms with E-state index in [2.05, 4.69) is 20.9 Å². The van der Waals surface area contributed by atoms with E-state index in [-0.39, 0.29) is 5.54 Å². The zero-order valence-corrected chi connectivity index (χ0v) is 10.9. The number of benzene rings is 1. The van der Waals surface area contributed by atoms with Crippen molar-refractivity contribution in [2.24, 2.45) is 4.99 Å². The minimum Gasteiger partial charge on any atom is -0.475 e. The Bertz CT molecular complexity index is 429. The van der Waals surface area contributed by atoms with Gasteiger partial charge in [-0.2, -0.15) is 0 Å². The normalized spacial score (nSPS) is 18.5. The van der Waals surface area contributed by atoms with Gasteiger partial charge in [0.1, 0.15) is 6.61 Å². The molecule has 0 spiro atoms. The van der Waals surface area contributed by atoms with Crippen molar-refractivity contribution in [2.45, 2.75) is 19.4 Å². The second-order valence-corrected chi connectivity index (χ2v) is 5.43. The number of hydrogen-bond acceptors (Lipinski definition) is 2. The maximum absolute atomic E-state index is 5.87. The van der Waals surface area contributed by atoms with Crippen molar-refractivity contribution in [1.82, 2.24) is 0 Å². The molecule has 0 saturated heterocycles. The molecule has 1 aromatic rings. The molecule has 0 aliphatic carbocycles. The summed E-state index contributed by atoms with van der Waals surface area (Å²) in [5, 5.41) is 0.698.